The van der Waals surface area contributed by atoms with Crippen LogP contribution in [0.2, 0.25) is 5.02 Å². The van der Waals surface area contributed by atoms with E-state index in [1.165, 1.54) is 4.90 Å². The van der Waals surface area contributed by atoms with E-state index in [9.17, 15) is 18.0 Å². The first-order valence-electron chi connectivity index (χ1n) is 10.8. The lowest BCUT2D eigenvalue weighted by Gasteiger charge is -2.34. The van der Waals surface area contributed by atoms with Crippen LogP contribution in [0.25, 0.3) is 0 Å². The average molecular weight is 573 g/mol. The average Bonchev–Trinajstić information content (AvgIpc) is 2.72. The number of nitrogens with one attached hydrogen (secondary N) is 1. The maximum atomic E-state index is 13.6. The van der Waals surface area contributed by atoms with Gasteiger partial charge in [-0.1, -0.05) is 46.6 Å². The molecule has 0 fully saturated rings. The molecule has 0 saturated carbocycles. The summed E-state index contributed by atoms with van der Waals surface area (Å²) in [4.78, 5) is 28.1. The summed E-state index contributed by atoms with van der Waals surface area (Å²) < 4.78 is 27.0. The van der Waals surface area contributed by atoms with E-state index in [2.05, 4.69) is 21.2 Å². The Morgan fingerprint density at radius 2 is 1.62 bits per heavy atom. The zero-order valence-electron chi connectivity index (χ0n) is 20.0. The van der Waals surface area contributed by atoms with Crippen LogP contribution < -0.4 is 9.62 Å². The van der Waals surface area contributed by atoms with Crippen LogP contribution >= 0.6 is 27.5 Å². The number of amides is 2. The minimum absolute atomic E-state index is 0.129. The van der Waals surface area contributed by atoms with Crippen molar-refractivity contribution in [2.45, 2.75) is 52.2 Å². The molecule has 1 unspecified atom stereocenters. The van der Waals surface area contributed by atoms with Gasteiger partial charge in [0.15, 0.2) is 0 Å². The summed E-state index contributed by atoms with van der Waals surface area (Å²) in [5.41, 5.74) is 0.641. The highest BCUT2D eigenvalue weighted by Gasteiger charge is 2.33. The summed E-state index contributed by atoms with van der Waals surface area (Å²) in [5.74, 6) is -0.786. The Morgan fingerprint density at radius 3 is 2.09 bits per heavy atom. The predicted molar refractivity (Wildman–Crippen MR) is 140 cm³/mol. The van der Waals surface area contributed by atoms with E-state index in [1.54, 1.807) is 48.5 Å². The first kappa shape index (κ1) is 28.1. The van der Waals surface area contributed by atoms with E-state index in [-0.39, 0.29) is 12.5 Å². The quantitative estimate of drug-likeness (QED) is 0.476. The molecule has 0 spiro atoms. The molecule has 10 heteroatoms. The molecular formula is C24H31BrClN3O4S. The fourth-order valence-corrected chi connectivity index (χ4v) is 4.62. The van der Waals surface area contributed by atoms with Gasteiger partial charge in [0, 0.05) is 21.6 Å². The van der Waals surface area contributed by atoms with Crippen molar-refractivity contribution in [1.82, 2.24) is 10.2 Å². The second kappa shape index (κ2) is 11.6. The molecule has 0 heterocycles. The molecule has 1 N–H and O–H groups in total. The van der Waals surface area contributed by atoms with Gasteiger partial charge in [0.2, 0.25) is 21.8 Å². The Hall–Kier alpha value is -2.10. The fourth-order valence-electron chi connectivity index (χ4n) is 3.38. The number of carbonyl (C=O) groups is 2. The number of benzene rings is 2. The zero-order chi connectivity index (χ0) is 25.7. The normalized spacial score (nSPS) is 12.7. The summed E-state index contributed by atoms with van der Waals surface area (Å²) in [5, 5.41) is 3.48. The van der Waals surface area contributed by atoms with E-state index >= 15 is 0 Å². The summed E-state index contributed by atoms with van der Waals surface area (Å²) in [6.07, 6.45) is 1.41. The van der Waals surface area contributed by atoms with Crippen LogP contribution in [-0.4, -0.2) is 49.5 Å². The monoisotopic (exact) mass is 571 g/mol. The smallest absolute Gasteiger partial charge is 0.244 e. The third-order valence-corrected chi connectivity index (χ3v) is 6.87. The molecule has 34 heavy (non-hydrogen) atoms. The van der Waals surface area contributed by atoms with Crippen molar-refractivity contribution in [2.24, 2.45) is 0 Å². The Morgan fingerprint density at radius 1 is 1.06 bits per heavy atom. The molecule has 2 aromatic rings. The number of anilines is 1. The number of nitrogens with zero attached hydrogens (tertiary/aromatic N) is 2. The van der Waals surface area contributed by atoms with E-state index in [1.807, 2.05) is 27.7 Å². The third kappa shape index (κ3) is 8.29. The first-order valence-corrected chi connectivity index (χ1v) is 13.8. The van der Waals surface area contributed by atoms with Gasteiger partial charge in [-0.25, -0.2) is 8.42 Å². The number of sulfonamides is 1. The van der Waals surface area contributed by atoms with Crippen LogP contribution in [0.1, 0.15) is 39.7 Å². The Labute approximate surface area is 215 Å². The topological polar surface area (TPSA) is 86.8 Å². The number of hydrogen-bond acceptors (Lipinski definition) is 4. The predicted octanol–water partition coefficient (Wildman–Crippen LogP) is 4.59. The van der Waals surface area contributed by atoms with E-state index in [4.69, 9.17) is 11.6 Å². The van der Waals surface area contributed by atoms with Crippen molar-refractivity contribution in [1.29, 1.82) is 0 Å². The minimum atomic E-state index is -3.77. The fraction of sp³-hybridized carbons (Fsp3) is 0.417. The number of carbonyl (C=O) groups excluding carboxylic acids is 2. The molecule has 186 valence electrons. The molecule has 7 nitrogen and oxygen atoms in total. The van der Waals surface area contributed by atoms with Gasteiger partial charge in [0.1, 0.15) is 12.6 Å². The highest BCUT2D eigenvalue weighted by molar-refractivity contribution is 9.10. The van der Waals surface area contributed by atoms with E-state index < -0.39 is 34.1 Å². The highest BCUT2D eigenvalue weighted by Crippen LogP contribution is 2.22. The van der Waals surface area contributed by atoms with Crippen LogP contribution in [0.15, 0.2) is 53.0 Å². The molecule has 0 aromatic heterocycles. The van der Waals surface area contributed by atoms with Crippen LogP contribution in [0, 0.1) is 0 Å². The number of halogens is 2. The van der Waals surface area contributed by atoms with Gasteiger partial charge in [-0.3, -0.25) is 13.9 Å². The second-order valence-electron chi connectivity index (χ2n) is 9.06. The molecule has 0 saturated heterocycles. The van der Waals surface area contributed by atoms with E-state index in [0.717, 1.165) is 20.6 Å². The highest BCUT2D eigenvalue weighted by atomic mass is 79.9. The number of rotatable bonds is 9. The first-order chi connectivity index (χ1) is 15.7. The molecular weight excluding hydrogens is 542 g/mol. The molecule has 2 aromatic carbocycles. The van der Waals surface area contributed by atoms with Gasteiger partial charge in [0.25, 0.3) is 0 Å². The molecule has 0 aliphatic heterocycles. The van der Waals surface area contributed by atoms with Crippen LogP contribution in [0.3, 0.4) is 0 Å². The van der Waals surface area contributed by atoms with Crippen molar-refractivity contribution in [2.75, 3.05) is 17.1 Å². The third-order valence-electron chi connectivity index (χ3n) is 4.94. The summed E-state index contributed by atoms with van der Waals surface area (Å²) >= 11 is 9.33. The van der Waals surface area contributed by atoms with Crippen molar-refractivity contribution < 1.29 is 18.0 Å². The standard InChI is InChI=1S/C24H31BrClN3O4S/c1-6-21(23(31)27-24(2,3)4)28(15-17-7-11-19(26)12-8-17)22(30)16-29(34(5,32)33)20-13-9-18(25)10-14-20/h7-14,21H,6,15-16H2,1-5H3,(H,27,31). The molecule has 2 rings (SSSR count). The van der Waals surface area contributed by atoms with Crippen LogP contribution in [0.5, 0.6) is 0 Å². The van der Waals surface area contributed by atoms with Crippen molar-refractivity contribution >= 4 is 55.1 Å². The van der Waals surface area contributed by atoms with Crippen molar-refractivity contribution in [3.8, 4) is 0 Å². The SMILES string of the molecule is CCC(C(=O)NC(C)(C)C)N(Cc1ccc(Cl)cc1)C(=O)CN(c1ccc(Br)cc1)S(C)(=O)=O. The Kier molecular flexibility index (Phi) is 9.56. The van der Waals surface area contributed by atoms with Crippen LogP contribution in [0.4, 0.5) is 5.69 Å². The lowest BCUT2D eigenvalue weighted by molar-refractivity contribution is -0.141. The summed E-state index contributed by atoms with van der Waals surface area (Å²) in [7, 11) is -3.77. The Balaban J connectivity index is 2.43. The molecule has 0 aliphatic rings. The zero-order valence-corrected chi connectivity index (χ0v) is 23.2. The largest absolute Gasteiger partial charge is 0.350 e. The molecule has 0 radical (unpaired) electrons. The lowest BCUT2D eigenvalue weighted by Crippen LogP contribution is -2.55. The van der Waals surface area contributed by atoms with E-state index in [0.29, 0.717) is 17.1 Å². The van der Waals surface area contributed by atoms with Crippen molar-refractivity contribution in [3.05, 3.63) is 63.6 Å². The maximum absolute atomic E-state index is 13.6. The Bertz CT molecular complexity index is 1100. The molecule has 0 bridgehead atoms. The van der Waals surface area contributed by atoms with Gasteiger partial charge >= 0.3 is 0 Å². The molecule has 1 atom stereocenters. The van der Waals surface area contributed by atoms with Crippen molar-refractivity contribution in [3.63, 3.8) is 0 Å². The van der Waals surface area contributed by atoms with Crippen LogP contribution in [-0.2, 0) is 26.2 Å². The second-order valence-corrected chi connectivity index (χ2v) is 12.3. The minimum Gasteiger partial charge on any atom is -0.350 e. The summed E-state index contributed by atoms with van der Waals surface area (Å²) in [6, 6.07) is 12.8. The van der Waals surface area contributed by atoms with Gasteiger partial charge < -0.3 is 10.2 Å². The van der Waals surface area contributed by atoms with Gasteiger partial charge in [-0.15, -0.1) is 0 Å². The summed E-state index contributed by atoms with van der Waals surface area (Å²) in [6.45, 7) is 7.10. The number of hydrogen-bond donors (Lipinski definition) is 1. The maximum Gasteiger partial charge on any atom is 0.244 e. The van der Waals surface area contributed by atoms with Gasteiger partial charge in [-0.2, -0.15) is 0 Å². The van der Waals surface area contributed by atoms with Gasteiger partial charge in [0.05, 0.1) is 11.9 Å². The lowest BCUT2D eigenvalue weighted by atomic mass is 10.1. The van der Waals surface area contributed by atoms with Gasteiger partial charge in [-0.05, 0) is 69.2 Å². The molecule has 2 amide bonds. The molecule has 0 aliphatic carbocycles.